The summed E-state index contributed by atoms with van der Waals surface area (Å²) in [5, 5.41) is 12.6. The zero-order valence-corrected chi connectivity index (χ0v) is 15.7. The second-order valence-corrected chi connectivity index (χ2v) is 7.58. The van der Waals surface area contributed by atoms with Gasteiger partial charge in [0.15, 0.2) is 0 Å². The molecular weight excluding hydrogens is 358 g/mol. The molecule has 6 heteroatoms. The highest BCUT2D eigenvalue weighted by molar-refractivity contribution is 7.15. The number of aromatic nitrogens is 2. The highest BCUT2D eigenvalue weighted by atomic mass is 32.1. The molecule has 1 N–H and O–H groups in total. The fourth-order valence-electron chi connectivity index (χ4n) is 3.34. The van der Waals surface area contributed by atoms with Crippen LogP contribution in [-0.2, 0) is 9.53 Å². The van der Waals surface area contributed by atoms with Crippen LogP contribution in [0, 0.1) is 0 Å². The van der Waals surface area contributed by atoms with Crippen LogP contribution in [0.2, 0.25) is 0 Å². The van der Waals surface area contributed by atoms with Crippen LogP contribution in [0.5, 0.6) is 0 Å². The number of anilines is 1. The van der Waals surface area contributed by atoms with Crippen LogP contribution in [0.4, 0.5) is 5.13 Å². The summed E-state index contributed by atoms with van der Waals surface area (Å²) in [5.41, 5.74) is 2.24. The molecule has 0 bridgehead atoms. The summed E-state index contributed by atoms with van der Waals surface area (Å²) in [4.78, 5) is 12.7. The van der Waals surface area contributed by atoms with Gasteiger partial charge in [0.25, 0.3) is 0 Å². The number of nitrogens with zero attached hydrogens (tertiary/aromatic N) is 2. The normalized spacial score (nSPS) is 16.6. The van der Waals surface area contributed by atoms with Crippen LogP contribution in [0.15, 0.2) is 60.7 Å². The Kier molecular flexibility index (Phi) is 5.55. The minimum atomic E-state index is -0.0669. The average molecular weight is 379 g/mol. The number of carbonyl (C=O) groups is 1. The fourth-order valence-corrected chi connectivity index (χ4v) is 4.19. The van der Waals surface area contributed by atoms with Gasteiger partial charge in [0, 0.05) is 18.9 Å². The van der Waals surface area contributed by atoms with Crippen molar-refractivity contribution >= 4 is 22.4 Å². The monoisotopic (exact) mass is 379 g/mol. The molecule has 3 aromatic rings. The van der Waals surface area contributed by atoms with Gasteiger partial charge in [-0.1, -0.05) is 72.0 Å². The van der Waals surface area contributed by atoms with Gasteiger partial charge in [-0.05, 0) is 24.0 Å². The molecule has 0 saturated carbocycles. The van der Waals surface area contributed by atoms with Crippen molar-refractivity contribution in [3.05, 3.63) is 76.8 Å². The van der Waals surface area contributed by atoms with Crippen LogP contribution >= 0.6 is 11.3 Å². The van der Waals surface area contributed by atoms with Crippen molar-refractivity contribution in [2.75, 3.05) is 11.9 Å². The first-order valence-electron chi connectivity index (χ1n) is 9.14. The Morgan fingerprint density at radius 2 is 1.74 bits per heavy atom. The van der Waals surface area contributed by atoms with Crippen LogP contribution < -0.4 is 5.32 Å². The van der Waals surface area contributed by atoms with Gasteiger partial charge >= 0.3 is 0 Å². The van der Waals surface area contributed by atoms with Gasteiger partial charge < -0.3 is 10.1 Å². The number of ether oxygens (including phenoxy) is 1. The van der Waals surface area contributed by atoms with E-state index in [1.807, 2.05) is 36.4 Å². The molecule has 138 valence electrons. The van der Waals surface area contributed by atoms with E-state index < -0.39 is 0 Å². The summed E-state index contributed by atoms with van der Waals surface area (Å²) >= 11 is 1.40. The molecule has 1 aliphatic heterocycles. The minimum Gasteiger partial charge on any atom is -0.371 e. The summed E-state index contributed by atoms with van der Waals surface area (Å²) in [6.45, 7) is 0.766. The van der Waals surface area contributed by atoms with Crippen molar-refractivity contribution in [3.63, 3.8) is 0 Å². The van der Waals surface area contributed by atoms with Crippen LogP contribution in [-0.4, -0.2) is 22.7 Å². The van der Waals surface area contributed by atoms with E-state index in [0.29, 0.717) is 11.6 Å². The van der Waals surface area contributed by atoms with Crippen molar-refractivity contribution < 1.29 is 9.53 Å². The molecule has 1 unspecified atom stereocenters. The summed E-state index contributed by atoms with van der Waals surface area (Å²) in [7, 11) is 0. The molecule has 2 heterocycles. The number of nitrogens with one attached hydrogen (secondary N) is 1. The molecule has 0 radical (unpaired) electrons. The topological polar surface area (TPSA) is 64.1 Å². The quantitative estimate of drug-likeness (QED) is 0.682. The highest BCUT2D eigenvalue weighted by Gasteiger charge is 2.23. The highest BCUT2D eigenvalue weighted by Crippen LogP contribution is 2.32. The van der Waals surface area contributed by atoms with Crippen LogP contribution in [0.3, 0.4) is 0 Å². The second-order valence-electron chi connectivity index (χ2n) is 6.57. The summed E-state index contributed by atoms with van der Waals surface area (Å²) in [6, 6.07) is 20.2. The third-order valence-electron chi connectivity index (χ3n) is 4.69. The minimum absolute atomic E-state index is 0.00189. The third kappa shape index (κ3) is 4.40. The maximum absolute atomic E-state index is 12.7. The van der Waals surface area contributed by atoms with Crippen LogP contribution in [0.1, 0.15) is 47.4 Å². The molecule has 2 aromatic carbocycles. The van der Waals surface area contributed by atoms with E-state index in [1.54, 1.807) is 0 Å². The van der Waals surface area contributed by atoms with Gasteiger partial charge in [-0.15, -0.1) is 10.2 Å². The molecule has 0 spiro atoms. The molecule has 1 aliphatic rings. The molecule has 1 aromatic heterocycles. The predicted molar refractivity (Wildman–Crippen MR) is 106 cm³/mol. The van der Waals surface area contributed by atoms with Crippen molar-refractivity contribution in [2.45, 2.75) is 31.3 Å². The predicted octanol–water partition coefficient (Wildman–Crippen LogP) is 4.55. The lowest BCUT2D eigenvalue weighted by Gasteiger charge is -2.17. The lowest BCUT2D eigenvalue weighted by atomic mass is 9.88. The van der Waals surface area contributed by atoms with E-state index in [4.69, 9.17) is 4.74 Å². The molecule has 4 rings (SSSR count). The zero-order valence-electron chi connectivity index (χ0n) is 14.9. The van der Waals surface area contributed by atoms with Gasteiger partial charge in [-0.25, -0.2) is 0 Å². The van der Waals surface area contributed by atoms with Crippen molar-refractivity contribution in [1.82, 2.24) is 10.2 Å². The van der Waals surface area contributed by atoms with E-state index in [-0.39, 0.29) is 17.9 Å². The largest absolute Gasteiger partial charge is 0.371 e. The van der Waals surface area contributed by atoms with Gasteiger partial charge in [0.05, 0.1) is 0 Å². The number of hydrogen-bond acceptors (Lipinski definition) is 5. The van der Waals surface area contributed by atoms with E-state index in [1.165, 1.54) is 11.3 Å². The lowest BCUT2D eigenvalue weighted by molar-refractivity contribution is -0.116. The summed E-state index contributed by atoms with van der Waals surface area (Å²) < 4.78 is 5.63. The number of amides is 1. The standard InChI is InChI=1S/C21H21N3O2S/c25-19(22-21-24-23-20(27-21)18-12-7-13-26-18)14-17(15-8-3-1-4-9-15)16-10-5-2-6-11-16/h1-6,8-11,17-18H,7,12-14H2,(H,22,24,25). The number of carbonyl (C=O) groups excluding carboxylic acids is 1. The second kappa shape index (κ2) is 8.41. The average Bonchev–Trinajstić information content (AvgIpc) is 3.39. The summed E-state index contributed by atoms with van der Waals surface area (Å²) in [6.07, 6.45) is 2.38. The van der Waals surface area contributed by atoms with E-state index in [9.17, 15) is 4.79 Å². The molecule has 5 nitrogen and oxygen atoms in total. The molecule has 0 aliphatic carbocycles. The van der Waals surface area contributed by atoms with Gasteiger partial charge in [-0.3, -0.25) is 4.79 Å². The Labute approximate surface area is 162 Å². The SMILES string of the molecule is O=C(CC(c1ccccc1)c1ccccc1)Nc1nnc(C2CCCO2)s1. The maximum Gasteiger partial charge on any atom is 0.227 e. The van der Waals surface area contributed by atoms with Crippen molar-refractivity contribution in [1.29, 1.82) is 0 Å². The zero-order chi connectivity index (χ0) is 18.5. The fraction of sp³-hybridized carbons (Fsp3) is 0.286. The third-order valence-corrected chi connectivity index (χ3v) is 5.62. The molecular formula is C21H21N3O2S. The van der Waals surface area contributed by atoms with Gasteiger partial charge in [-0.2, -0.15) is 0 Å². The Morgan fingerprint density at radius 1 is 1.07 bits per heavy atom. The van der Waals surface area contributed by atoms with Crippen molar-refractivity contribution in [2.24, 2.45) is 0 Å². The lowest BCUT2D eigenvalue weighted by Crippen LogP contribution is -2.16. The van der Waals surface area contributed by atoms with E-state index in [2.05, 4.69) is 39.8 Å². The number of hydrogen-bond donors (Lipinski definition) is 1. The molecule has 27 heavy (non-hydrogen) atoms. The number of rotatable bonds is 6. The Bertz CT molecular complexity index is 837. The first kappa shape index (κ1) is 17.8. The smallest absolute Gasteiger partial charge is 0.227 e. The molecule has 1 atom stereocenters. The van der Waals surface area contributed by atoms with Crippen molar-refractivity contribution in [3.8, 4) is 0 Å². The van der Waals surface area contributed by atoms with E-state index >= 15 is 0 Å². The Balaban J connectivity index is 1.47. The Hall–Kier alpha value is -2.57. The molecule has 1 saturated heterocycles. The number of benzene rings is 2. The summed E-state index contributed by atoms with van der Waals surface area (Å²) in [5.74, 6) is -0.0688. The Morgan fingerprint density at radius 3 is 2.33 bits per heavy atom. The molecule has 1 fully saturated rings. The van der Waals surface area contributed by atoms with Crippen LogP contribution in [0.25, 0.3) is 0 Å². The first-order valence-corrected chi connectivity index (χ1v) is 9.96. The molecule has 1 amide bonds. The first-order chi connectivity index (χ1) is 13.3. The maximum atomic E-state index is 12.7. The van der Waals surface area contributed by atoms with Gasteiger partial charge in [0.1, 0.15) is 11.1 Å². The van der Waals surface area contributed by atoms with E-state index in [0.717, 1.165) is 35.6 Å². The van der Waals surface area contributed by atoms with Gasteiger partial charge in [0.2, 0.25) is 11.0 Å².